The van der Waals surface area contributed by atoms with Gasteiger partial charge in [0.15, 0.2) is 0 Å². The van der Waals surface area contributed by atoms with Crippen molar-refractivity contribution in [1.82, 2.24) is 4.98 Å². The molecule has 0 bridgehead atoms. The summed E-state index contributed by atoms with van der Waals surface area (Å²) in [5.74, 6) is 0.384. The van der Waals surface area contributed by atoms with E-state index in [-0.39, 0.29) is 12.0 Å². The lowest BCUT2D eigenvalue weighted by molar-refractivity contribution is -0.141. The topological polar surface area (TPSA) is 12.9 Å². The summed E-state index contributed by atoms with van der Waals surface area (Å²) in [4.78, 5) is 3.31. The molecule has 0 fully saturated rings. The summed E-state index contributed by atoms with van der Waals surface area (Å²) < 4.78 is 36.9. The first-order chi connectivity index (χ1) is 6.05. The lowest BCUT2D eigenvalue weighted by Gasteiger charge is -2.09. The maximum atomic E-state index is 12.3. The molecule has 0 amide bonds. The summed E-state index contributed by atoms with van der Waals surface area (Å²) in [6.45, 7) is 0. The number of pyridine rings is 1. The van der Waals surface area contributed by atoms with Gasteiger partial charge in [-0.1, -0.05) is 6.07 Å². The predicted molar refractivity (Wildman–Crippen MR) is 46.8 cm³/mol. The van der Waals surface area contributed by atoms with E-state index in [1.165, 1.54) is 12.1 Å². The van der Waals surface area contributed by atoms with Gasteiger partial charge in [0.05, 0.1) is 0 Å². The second-order valence-electron chi connectivity index (χ2n) is 2.48. The van der Waals surface area contributed by atoms with Crippen molar-refractivity contribution in [3.63, 3.8) is 0 Å². The summed E-state index contributed by atoms with van der Waals surface area (Å²) in [5.41, 5.74) is -0.603. The summed E-state index contributed by atoms with van der Waals surface area (Å²) in [6.07, 6.45) is -2.93. The maximum Gasteiger partial charge on any atom is 0.433 e. The van der Waals surface area contributed by atoms with Gasteiger partial charge in [-0.2, -0.15) is 25.8 Å². The van der Waals surface area contributed by atoms with Crippen LogP contribution in [0.3, 0.4) is 0 Å². The molecule has 0 unspecified atom stereocenters. The third kappa shape index (κ3) is 2.62. The van der Waals surface area contributed by atoms with Gasteiger partial charge in [0.1, 0.15) is 5.69 Å². The van der Waals surface area contributed by atoms with Crippen LogP contribution >= 0.6 is 12.6 Å². The van der Waals surface area contributed by atoms with Gasteiger partial charge < -0.3 is 0 Å². The van der Waals surface area contributed by atoms with Gasteiger partial charge in [0.25, 0.3) is 0 Å². The SMILES string of the molecule is FC(F)(F)c1ncccc1CCS. The number of alkyl halides is 3. The first kappa shape index (κ1) is 10.4. The molecule has 0 saturated carbocycles. The molecule has 1 aromatic heterocycles. The molecule has 13 heavy (non-hydrogen) atoms. The van der Waals surface area contributed by atoms with Crippen molar-refractivity contribution in [2.75, 3.05) is 5.75 Å². The fraction of sp³-hybridized carbons (Fsp3) is 0.375. The molecule has 0 atom stereocenters. The maximum absolute atomic E-state index is 12.3. The van der Waals surface area contributed by atoms with Gasteiger partial charge in [-0.15, -0.1) is 0 Å². The fourth-order valence-electron chi connectivity index (χ4n) is 1.02. The quantitative estimate of drug-likeness (QED) is 0.735. The standard InChI is InChI=1S/C8H8F3NS/c9-8(10,11)7-6(3-5-13)2-1-4-12-7/h1-2,4,13H,3,5H2. The highest BCUT2D eigenvalue weighted by Gasteiger charge is 2.34. The highest BCUT2D eigenvalue weighted by Crippen LogP contribution is 2.30. The minimum atomic E-state index is -4.36. The van der Waals surface area contributed by atoms with Gasteiger partial charge in [-0.25, -0.2) is 0 Å². The highest BCUT2D eigenvalue weighted by molar-refractivity contribution is 7.80. The Kier molecular flexibility index (Phi) is 3.19. The van der Waals surface area contributed by atoms with Crippen LogP contribution in [0, 0.1) is 0 Å². The monoisotopic (exact) mass is 207 g/mol. The molecule has 0 aliphatic carbocycles. The van der Waals surface area contributed by atoms with Gasteiger partial charge in [0, 0.05) is 6.20 Å². The Morgan fingerprint density at radius 1 is 1.38 bits per heavy atom. The van der Waals surface area contributed by atoms with Crippen LogP contribution in [-0.2, 0) is 12.6 Å². The molecule has 1 nitrogen and oxygen atoms in total. The minimum absolute atomic E-state index is 0.199. The van der Waals surface area contributed by atoms with E-state index in [2.05, 4.69) is 17.6 Å². The van der Waals surface area contributed by atoms with E-state index in [4.69, 9.17) is 0 Å². The van der Waals surface area contributed by atoms with Crippen molar-refractivity contribution in [1.29, 1.82) is 0 Å². The Morgan fingerprint density at radius 3 is 2.62 bits per heavy atom. The first-order valence-electron chi connectivity index (χ1n) is 3.67. The van der Waals surface area contributed by atoms with E-state index >= 15 is 0 Å². The van der Waals surface area contributed by atoms with Gasteiger partial charge in [-0.3, -0.25) is 4.98 Å². The van der Waals surface area contributed by atoms with Crippen LogP contribution in [0.25, 0.3) is 0 Å². The number of halogens is 3. The molecule has 0 saturated heterocycles. The van der Waals surface area contributed by atoms with Crippen LogP contribution in [0.2, 0.25) is 0 Å². The Labute approximate surface area is 79.4 Å². The van der Waals surface area contributed by atoms with E-state index in [9.17, 15) is 13.2 Å². The zero-order chi connectivity index (χ0) is 9.90. The van der Waals surface area contributed by atoms with Crippen molar-refractivity contribution < 1.29 is 13.2 Å². The van der Waals surface area contributed by atoms with Crippen molar-refractivity contribution in [2.45, 2.75) is 12.6 Å². The van der Waals surface area contributed by atoms with E-state index in [0.29, 0.717) is 5.75 Å². The van der Waals surface area contributed by atoms with E-state index in [0.717, 1.165) is 6.20 Å². The molecule has 72 valence electrons. The smallest absolute Gasteiger partial charge is 0.252 e. The third-order valence-electron chi connectivity index (χ3n) is 1.54. The highest BCUT2D eigenvalue weighted by atomic mass is 32.1. The number of hydrogen-bond acceptors (Lipinski definition) is 2. The van der Waals surface area contributed by atoms with Crippen LogP contribution in [0.5, 0.6) is 0 Å². The number of hydrogen-bond donors (Lipinski definition) is 1. The average Bonchev–Trinajstić information content (AvgIpc) is 2.04. The minimum Gasteiger partial charge on any atom is -0.252 e. The molecular weight excluding hydrogens is 199 g/mol. The number of aromatic nitrogens is 1. The zero-order valence-corrected chi connectivity index (χ0v) is 7.57. The van der Waals surface area contributed by atoms with Crippen molar-refractivity contribution in [2.24, 2.45) is 0 Å². The molecule has 0 spiro atoms. The second-order valence-corrected chi connectivity index (χ2v) is 2.93. The van der Waals surface area contributed by atoms with Crippen molar-refractivity contribution in [3.8, 4) is 0 Å². The molecule has 0 radical (unpaired) electrons. The number of thiol groups is 1. The molecule has 0 N–H and O–H groups in total. The zero-order valence-electron chi connectivity index (χ0n) is 6.67. The van der Waals surface area contributed by atoms with Gasteiger partial charge in [0.2, 0.25) is 0 Å². The van der Waals surface area contributed by atoms with E-state index in [1.54, 1.807) is 0 Å². The third-order valence-corrected chi connectivity index (χ3v) is 1.76. The molecule has 5 heteroatoms. The lowest BCUT2D eigenvalue weighted by atomic mass is 10.1. The van der Waals surface area contributed by atoms with Crippen LogP contribution in [0.15, 0.2) is 18.3 Å². The molecule has 1 rings (SSSR count). The molecule has 0 aliphatic heterocycles. The number of rotatable bonds is 2. The first-order valence-corrected chi connectivity index (χ1v) is 4.31. The Balaban J connectivity index is 3.05. The van der Waals surface area contributed by atoms with Crippen LogP contribution < -0.4 is 0 Å². The fourth-order valence-corrected chi connectivity index (χ4v) is 1.26. The number of nitrogens with zero attached hydrogens (tertiary/aromatic N) is 1. The van der Waals surface area contributed by atoms with Crippen molar-refractivity contribution >= 4 is 12.6 Å². The molecule has 1 aromatic rings. The molecule has 0 aromatic carbocycles. The molecular formula is C8H8F3NS. The summed E-state index contributed by atoms with van der Waals surface area (Å²) in [7, 11) is 0. The largest absolute Gasteiger partial charge is 0.433 e. The molecule has 0 aliphatic rings. The Morgan fingerprint density at radius 2 is 2.08 bits per heavy atom. The Bertz CT molecular complexity index is 285. The summed E-state index contributed by atoms with van der Waals surface area (Å²) in [5, 5.41) is 0. The van der Waals surface area contributed by atoms with Crippen LogP contribution in [-0.4, -0.2) is 10.7 Å². The average molecular weight is 207 g/mol. The van der Waals surface area contributed by atoms with E-state index < -0.39 is 11.9 Å². The summed E-state index contributed by atoms with van der Waals surface area (Å²) in [6, 6.07) is 2.92. The van der Waals surface area contributed by atoms with Gasteiger partial charge in [-0.05, 0) is 23.8 Å². The second kappa shape index (κ2) is 4.00. The Hall–Kier alpha value is -0.710. The normalized spacial score (nSPS) is 11.7. The molecule has 1 heterocycles. The van der Waals surface area contributed by atoms with Crippen molar-refractivity contribution in [3.05, 3.63) is 29.6 Å². The van der Waals surface area contributed by atoms with Gasteiger partial charge >= 0.3 is 6.18 Å². The van der Waals surface area contributed by atoms with Crippen LogP contribution in [0.4, 0.5) is 13.2 Å². The lowest BCUT2D eigenvalue weighted by Crippen LogP contribution is -2.11. The van der Waals surface area contributed by atoms with Crippen LogP contribution in [0.1, 0.15) is 11.3 Å². The number of aryl methyl sites for hydroxylation is 1. The summed E-state index contributed by atoms with van der Waals surface area (Å²) >= 11 is 3.88. The van der Waals surface area contributed by atoms with E-state index in [1.807, 2.05) is 0 Å². The predicted octanol–water partition coefficient (Wildman–Crippen LogP) is 2.57.